The van der Waals surface area contributed by atoms with Crippen molar-refractivity contribution >= 4 is 17.7 Å². The lowest BCUT2D eigenvalue weighted by Gasteiger charge is -2.25. The van der Waals surface area contributed by atoms with Crippen LogP contribution in [0.5, 0.6) is 0 Å². The minimum atomic E-state index is -0.0889. The zero-order valence-corrected chi connectivity index (χ0v) is 11.7. The molecule has 0 saturated heterocycles. The van der Waals surface area contributed by atoms with E-state index in [0.717, 1.165) is 19.5 Å². The number of rotatable bonds is 4. The number of amides is 1. The van der Waals surface area contributed by atoms with Gasteiger partial charge in [-0.3, -0.25) is 4.79 Å². The second-order valence-electron chi connectivity index (χ2n) is 4.70. The van der Waals surface area contributed by atoms with Gasteiger partial charge in [0.05, 0.1) is 6.04 Å². The Morgan fingerprint density at radius 2 is 2.22 bits per heavy atom. The van der Waals surface area contributed by atoms with Crippen LogP contribution in [0.1, 0.15) is 18.1 Å². The van der Waals surface area contributed by atoms with E-state index in [0.29, 0.717) is 5.25 Å². The van der Waals surface area contributed by atoms with Crippen molar-refractivity contribution in [2.24, 2.45) is 0 Å². The molecule has 1 aromatic rings. The first kappa shape index (κ1) is 13.4. The number of fused-ring (bicyclic) bond motifs is 1. The summed E-state index contributed by atoms with van der Waals surface area (Å²) in [5, 5.41) is 6.77. The number of nitrogens with one attached hydrogen (secondary N) is 2. The molecule has 4 heteroatoms. The van der Waals surface area contributed by atoms with E-state index < -0.39 is 0 Å². The second kappa shape index (κ2) is 6.25. The summed E-state index contributed by atoms with van der Waals surface area (Å²) < 4.78 is 0. The normalized spacial score (nSPS) is 20.0. The fourth-order valence-electron chi connectivity index (χ4n) is 2.09. The zero-order valence-electron chi connectivity index (χ0n) is 10.9. The van der Waals surface area contributed by atoms with Crippen molar-refractivity contribution in [1.29, 1.82) is 0 Å². The van der Waals surface area contributed by atoms with Crippen molar-refractivity contribution in [2.45, 2.75) is 31.2 Å². The SMILES string of the molecule is CSC(C)CNC(=O)C1Cc2ccccc2CN1. The standard InChI is InChI=1S/C14H20N2OS/c1-10(18-2)8-16-14(17)13-7-11-5-3-4-6-12(11)9-15-13/h3-6,10,13,15H,7-9H2,1-2H3,(H,16,17). The molecule has 0 bridgehead atoms. The van der Waals surface area contributed by atoms with Crippen molar-refractivity contribution in [3.63, 3.8) is 0 Å². The molecule has 1 heterocycles. The third-order valence-electron chi connectivity index (χ3n) is 3.36. The van der Waals surface area contributed by atoms with Gasteiger partial charge in [-0.05, 0) is 23.8 Å². The molecule has 98 valence electrons. The predicted molar refractivity (Wildman–Crippen MR) is 76.8 cm³/mol. The second-order valence-corrected chi connectivity index (χ2v) is 5.97. The Kier molecular flexibility index (Phi) is 4.66. The molecule has 0 saturated carbocycles. The highest BCUT2D eigenvalue weighted by Crippen LogP contribution is 2.16. The van der Waals surface area contributed by atoms with E-state index >= 15 is 0 Å². The Bertz CT molecular complexity index is 422. The van der Waals surface area contributed by atoms with Crippen LogP contribution >= 0.6 is 11.8 Å². The van der Waals surface area contributed by atoms with E-state index in [4.69, 9.17) is 0 Å². The van der Waals surface area contributed by atoms with Crippen molar-refractivity contribution in [3.05, 3.63) is 35.4 Å². The van der Waals surface area contributed by atoms with Gasteiger partial charge < -0.3 is 10.6 Å². The fraction of sp³-hybridized carbons (Fsp3) is 0.500. The van der Waals surface area contributed by atoms with Gasteiger partial charge in [-0.2, -0.15) is 11.8 Å². The van der Waals surface area contributed by atoms with Gasteiger partial charge in [-0.1, -0.05) is 31.2 Å². The Labute approximate surface area is 113 Å². The van der Waals surface area contributed by atoms with Crippen LogP contribution in [-0.2, 0) is 17.8 Å². The Morgan fingerprint density at radius 1 is 1.50 bits per heavy atom. The number of hydrogen-bond acceptors (Lipinski definition) is 3. The summed E-state index contributed by atoms with van der Waals surface area (Å²) in [6.07, 6.45) is 2.85. The topological polar surface area (TPSA) is 41.1 Å². The molecular formula is C14H20N2OS. The van der Waals surface area contributed by atoms with E-state index in [1.54, 1.807) is 11.8 Å². The van der Waals surface area contributed by atoms with E-state index in [1.807, 2.05) is 12.1 Å². The average Bonchev–Trinajstić information content (AvgIpc) is 2.43. The van der Waals surface area contributed by atoms with Gasteiger partial charge in [-0.25, -0.2) is 0 Å². The number of hydrogen-bond donors (Lipinski definition) is 2. The summed E-state index contributed by atoms with van der Waals surface area (Å²) in [6.45, 7) is 3.64. The van der Waals surface area contributed by atoms with E-state index in [-0.39, 0.29) is 11.9 Å². The minimum absolute atomic E-state index is 0.0889. The Hall–Kier alpha value is -1.00. The molecule has 0 aromatic heterocycles. The van der Waals surface area contributed by atoms with Crippen LogP contribution in [-0.4, -0.2) is 30.0 Å². The Morgan fingerprint density at radius 3 is 2.94 bits per heavy atom. The first-order valence-corrected chi connectivity index (χ1v) is 7.60. The van der Waals surface area contributed by atoms with E-state index in [1.165, 1.54) is 11.1 Å². The zero-order chi connectivity index (χ0) is 13.0. The first-order chi connectivity index (χ1) is 8.70. The van der Waals surface area contributed by atoms with Gasteiger partial charge in [0, 0.05) is 18.3 Å². The van der Waals surface area contributed by atoms with Crippen LogP contribution in [0, 0.1) is 0 Å². The Balaban J connectivity index is 1.90. The summed E-state index contributed by atoms with van der Waals surface area (Å²) >= 11 is 1.77. The molecule has 0 radical (unpaired) electrons. The van der Waals surface area contributed by atoms with Gasteiger partial charge in [-0.15, -0.1) is 0 Å². The minimum Gasteiger partial charge on any atom is -0.354 e. The highest BCUT2D eigenvalue weighted by Gasteiger charge is 2.23. The van der Waals surface area contributed by atoms with E-state index in [2.05, 4.69) is 35.9 Å². The number of carbonyl (C=O) groups is 1. The third kappa shape index (κ3) is 3.27. The van der Waals surface area contributed by atoms with Crippen molar-refractivity contribution in [3.8, 4) is 0 Å². The molecule has 0 fully saturated rings. The first-order valence-electron chi connectivity index (χ1n) is 6.31. The fourth-order valence-corrected chi connectivity index (χ4v) is 2.34. The average molecular weight is 264 g/mol. The molecule has 0 aliphatic carbocycles. The molecule has 2 atom stereocenters. The largest absolute Gasteiger partial charge is 0.354 e. The monoisotopic (exact) mass is 264 g/mol. The molecular weight excluding hydrogens is 244 g/mol. The lowest BCUT2D eigenvalue weighted by Crippen LogP contribution is -2.48. The number of carbonyl (C=O) groups excluding carboxylic acids is 1. The highest BCUT2D eigenvalue weighted by atomic mass is 32.2. The smallest absolute Gasteiger partial charge is 0.237 e. The number of thioether (sulfide) groups is 1. The molecule has 2 rings (SSSR count). The van der Waals surface area contributed by atoms with Gasteiger partial charge in [0.2, 0.25) is 5.91 Å². The van der Waals surface area contributed by atoms with Crippen LogP contribution < -0.4 is 10.6 Å². The third-order valence-corrected chi connectivity index (χ3v) is 4.34. The van der Waals surface area contributed by atoms with Crippen molar-refractivity contribution in [2.75, 3.05) is 12.8 Å². The lowest BCUT2D eigenvalue weighted by molar-refractivity contribution is -0.123. The maximum Gasteiger partial charge on any atom is 0.237 e. The van der Waals surface area contributed by atoms with Crippen LogP contribution in [0.4, 0.5) is 0 Å². The van der Waals surface area contributed by atoms with Gasteiger partial charge in [0.1, 0.15) is 0 Å². The summed E-state index contributed by atoms with van der Waals surface area (Å²) in [5.41, 5.74) is 2.59. The summed E-state index contributed by atoms with van der Waals surface area (Å²) in [4.78, 5) is 12.0. The lowest BCUT2D eigenvalue weighted by atomic mass is 9.95. The summed E-state index contributed by atoms with van der Waals surface area (Å²) in [5.74, 6) is 0.116. The number of benzene rings is 1. The maximum atomic E-state index is 12.0. The molecule has 1 aliphatic heterocycles. The van der Waals surface area contributed by atoms with Crippen LogP contribution in [0.3, 0.4) is 0 Å². The van der Waals surface area contributed by atoms with Crippen LogP contribution in [0.2, 0.25) is 0 Å². The van der Waals surface area contributed by atoms with Crippen molar-refractivity contribution in [1.82, 2.24) is 10.6 Å². The molecule has 1 aliphatic rings. The molecule has 0 spiro atoms. The van der Waals surface area contributed by atoms with Gasteiger partial charge >= 0.3 is 0 Å². The van der Waals surface area contributed by atoms with E-state index in [9.17, 15) is 4.79 Å². The van der Waals surface area contributed by atoms with Crippen LogP contribution in [0.15, 0.2) is 24.3 Å². The highest BCUT2D eigenvalue weighted by molar-refractivity contribution is 7.99. The summed E-state index contributed by atoms with van der Waals surface area (Å²) in [6, 6.07) is 8.22. The predicted octanol–water partition coefficient (Wildman–Crippen LogP) is 1.57. The van der Waals surface area contributed by atoms with Crippen molar-refractivity contribution < 1.29 is 4.79 Å². The quantitative estimate of drug-likeness (QED) is 0.867. The van der Waals surface area contributed by atoms with Crippen LogP contribution in [0.25, 0.3) is 0 Å². The van der Waals surface area contributed by atoms with Gasteiger partial charge in [0.25, 0.3) is 0 Å². The molecule has 1 aromatic carbocycles. The molecule has 2 unspecified atom stereocenters. The summed E-state index contributed by atoms with van der Waals surface area (Å²) in [7, 11) is 0. The molecule has 18 heavy (non-hydrogen) atoms. The molecule has 1 amide bonds. The molecule has 3 nitrogen and oxygen atoms in total. The maximum absolute atomic E-state index is 12.0. The molecule has 2 N–H and O–H groups in total. The van der Waals surface area contributed by atoms with Gasteiger partial charge in [0.15, 0.2) is 0 Å².